The molecule has 1 aromatic heterocycles. The van der Waals surface area contributed by atoms with Crippen molar-refractivity contribution in [1.29, 1.82) is 0 Å². The van der Waals surface area contributed by atoms with Gasteiger partial charge >= 0.3 is 6.09 Å². The van der Waals surface area contributed by atoms with Gasteiger partial charge in [0.05, 0.1) is 5.56 Å². The Morgan fingerprint density at radius 3 is 2.72 bits per heavy atom. The van der Waals surface area contributed by atoms with Crippen molar-refractivity contribution in [2.24, 2.45) is 5.73 Å². The van der Waals surface area contributed by atoms with Crippen molar-refractivity contribution in [2.75, 3.05) is 5.32 Å². The second kappa shape index (κ2) is 7.56. The van der Waals surface area contributed by atoms with Gasteiger partial charge in [-0.3, -0.25) is 14.7 Å². The highest BCUT2D eigenvalue weighted by atomic mass is 19.1. The highest BCUT2D eigenvalue weighted by Crippen LogP contribution is 2.18. The Morgan fingerprint density at radius 1 is 1.40 bits per heavy atom. The Balaban J connectivity index is 2.22. The number of ether oxygens (including phenoxy) is 1. The summed E-state index contributed by atoms with van der Waals surface area (Å²) in [6.07, 6.45) is -2.49. The molecule has 0 saturated heterocycles. The molecule has 1 atom stereocenters. The van der Waals surface area contributed by atoms with Gasteiger partial charge in [-0.15, -0.1) is 0 Å². The molecule has 2 amide bonds. The summed E-state index contributed by atoms with van der Waals surface area (Å²) in [7, 11) is 0. The van der Waals surface area contributed by atoms with Gasteiger partial charge in [0.2, 0.25) is 0 Å². The predicted octanol–water partition coefficient (Wildman–Crippen LogP) is 1.70. The quantitative estimate of drug-likeness (QED) is 0.732. The fourth-order valence-electron chi connectivity index (χ4n) is 2.20. The van der Waals surface area contributed by atoms with Crippen molar-refractivity contribution in [1.82, 2.24) is 10.2 Å². The van der Waals surface area contributed by atoms with Crippen LogP contribution in [-0.4, -0.2) is 34.1 Å². The number of anilines is 1. The summed E-state index contributed by atoms with van der Waals surface area (Å²) in [5, 5.41) is 8.95. The molecule has 0 spiro atoms. The number of nitrogens with one attached hydrogen (secondary N) is 2. The van der Waals surface area contributed by atoms with Crippen LogP contribution in [0.1, 0.15) is 28.5 Å². The van der Waals surface area contributed by atoms with E-state index in [0.717, 1.165) is 11.8 Å². The number of primary amides is 1. The normalized spacial score (nSPS) is 11.6. The van der Waals surface area contributed by atoms with Crippen LogP contribution in [0.3, 0.4) is 0 Å². The number of benzene rings is 1. The van der Waals surface area contributed by atoms with Gasteiger partial charge < -0.3 is 15.8 Å². The summed E-state index contributed by atoms with van der Waals surface area (Å²) in [5.41, 5.74) is 5.47. The van der Waals surface area contributed by atoms with Crippen LogP contribution in [0, 0.1) is 12.7 Å². The zero-order valence-corrected chi connectivity index (χ0v) is 13.6. The first-order valence-corrected chi connectivity index (χ1v) is 7.37. The number of hydrogen-bond donors (Lipinski definition) is 3. The topological polar surface area (TPSA) is 127 Å². The minimum atomic E-state index is -1.11. The van der Waals surface area contributed by atoms with Gasteiger partial charge in [-0.2, -0.15) is 5.10 Å². The predicted molar refractivity (Wildman–Crippen MR) is 86.5 cm³/mol. The van der Waals surface area contributed by atoms with Crippen LogP contribution in [-0.2, 0) is 16.0 Å². The summed E-state index contributed by atoms with van der Waals surface area (Å²) in [6, 6.07) is 5.52. The number of aryl methyl sites for hydroxylation is 1. The first-order chi connectivity index (χ1) is 11.8. The molecule has 0 bridgehead atoms. The van der Waals surface area contributed by atoms with Crippen molar-refractivity contribution < 1.29 is 23.5 Å². The smallest absolute Gasteiger partial charge is 0.405 e. The number of carbonyl (C=O) groups is 3. The third-order valence-electron chi connectivity index (χ3n) is 3.39. The summed E-state index contributed by atoms with van der Waals surface area (Å²) < 4.78 is 18.8. The fourth-order valence-corrected chi connectivity index (χ4v) is 2.20. The Hall–Kier alpha value is -3.23. The van der Waals surface area contributed by atoms with Crippen LogP contribution < -0.4 is 11.1 Å². The molecule has 0 fully saturated rings. The molecular weight excluding hydrogens is 331 g/mol. The molecular formula is C16H17FN4O4. The third kappa shape index (κ3) is 4.63. The summed E-state index contributed by atoms with van der Waals surface area (Å²) >= 11 is 0. The zero-order chi connectivity index (χ0) is 18.6. The average molecular weight is 348 g/mol. The molecule has 0 saturated carbocycles. The first-order valence-electron chi connectivity index (χ1n) is 7.37. The van der Waals surface area contributed by atoms with E-state index in [1.165, 1.54) is 19.1 Å². The molecule has 0 aliphatic rings. The molecule has 9 heteroatoms. The van der Waals surface area contributed by atoms with Crippen molar-refractivity contribution in [2.45, 2.75) is 26.4 Å². The maximum Gasteiger partial charge on any atom is 0.405 e. The monoisotopic (exact) mass is 348 g/mol. The Labute approximate surface area is 142 Å². The maximum atomic E-state index is 14.2. The van der Waals surface area contributed by atoms with Gasteiger partial charge in [0, 0.05) is 18.2 Å². The molecule has 4 N–H and O–H groups in total. The second-order valence-electron chi connectivity index (χ2n) is 5.39. The number of nitrogens with zero attached hydrogens (tertiary/aromatic N) is 1. The number of nitrogens with two attached hydrogens (primary N) is 1. The third-order valence-corrected chi connectivity index (χ3v) is 3.39. The molecule has 0 aliphatic heterocycles. The average Bonchev–Trinajstić information content (AvgIpc) is 2.91. The molecule has 1 heterocycles. The van der Waals surface area contributed by atoms with Crippen LogP contribution in [0.5, 0.6) is 0 Å². The van der Waals surface area contributed by atoms with E-state index in [2.05, 4.69) is 20.3 Å². The lowest BCUT2D eigenvalue weighted by molar-refractivity contribution is -0.125. The molecule has 1 aromatic carbocycles. The molecule has 0 aliphatic carbocycles. The zero-order valence-electron chi connectivity index (χ0n) is 13.6. The van der Waals surface area contributed by atoms with Gasteiger partial charge in [-0.25, -0.2) is 9.18 Å². The van der Waals surface area contributed by atoms with Crippen LogP contribution in [0.15, 0.2) is 24.3 Å². The maximum absolute atomic E-state index is 14.2. The van der Waals surface area contributed by atoms with Gasteiger partial charge in [0.15, 0.2) is 17.7 Å². The summed E-state index contributed by atoms with van der Waals surface area (Å²) in [4.78, 5) is 35.2. The van der Waals surface area contributed by atoms with E-state index < -0.39 is 29.7 Å². The summed E-state index contributed by atoms with van der Waals surface area (Å²) in [6.45, 7) is 3.09. The highest BCUT2D eigenvalue weighted by molar-refractivity contribution is 6.06. The lowest BCUT2D eigenvalue weighted by Gasteiger charge is -2.13. The number of carbonyl (C=O) groups excluding carboxylic acids is 3. The number of H-pyrrole nitrogens is 1. The minimum Gasteiger partial charge on any atom is -0.439 e. The largest absolute Gasteiger partial charge is 0.439 e. The Morgan fingerprint density at radius 2 is 2.12 bits per heavy atom. The van der Waals surface area contributed by atoms with E-state index >= 15 is 0 Å². The number of amides is 2. The lowest BCUT2D eigenvalue weighted by Crippen LogP contribution is -2.29. The van der Waals surface area contributed by atoms with Crippen LogP contribution in [0.2, 0.25) is 0 Å². The van der Waals surface area contributed by atoms with Gasteiger partial charge in [-0.05, 0) is 25.5 Å². The number of ketones is 1. The fraction of sp³-hybridized carbons (Fsp3) is 0.250. The second-order valence-corrected chi connectivity index (χ2v) is 5.39. The molecule has 2 rings (SSSR count). The Kier molecular flexibility index (Phi) is 5.48. The lowest BCUT2D eigenvalue weighted by atomic mass is 9.99. The van der Waals surface area contributed by atoms with Gasteiger partial charge in [0.1, 0.15) is 5.82 Å². The SMILES string of the molecule is Cc1cc(NC(=O)c2c(F)cccc2CC(=O)C(C)OC(N)=O)n[nH]1. The van der Waals surface area contributed by atoms with Crippen LogP contribution >= 0.6 is 0 Å². The van der Waals surface area contributed by atoms with E-state index in [0.29, 0.717) is 0 Å². The Bertz CT molecular complexity index is 818. The standard InChI is InChI=1S/C16H17FN4O4/c1-8-6-13(21-20-8)19-15(23)14-10(4-3-5-11(14)17)7-12(22)9(2)25-16(18)24/h3-6,9H,7H2,1-2H3,(H2,18,24)(H2,19,20,21,23). The van der Waals surface area contributed by atoms with E-state index in [1.54, 1.807) is 13.0 Å². The van der Waals surface area contributed by atoms with Gasteiger partial charge in [0.25, 0.3) is 5.91 Å². The van der Waals surface area contributed by atoms with E-state index in [1.807, 2.05) is 0 Å². The van der Waals surface area contributed by atoms with Crippen LogP contribution in [0.25, 0.3) is 0 Å². The number of Topliss-reactive ketones (excluding diaryl/α,β-unsaturated/α-hetero) is 1. The minimum absolute atomic E-state index is 0.162. The number of aromatic nitrogens is 2. The van der Waals surface area contributed by atoms with Crippen molar-refractivity contribution in [3.63, 3.8) is 0 Å². The molecule has 0 radical (unpaired) electrons. The molecule has 1 unspecified atom stereocenters. The van der Waals surface area contributed by atoms with E-state index in [9.17, 15) is 18.8 Å². The molecule has 2 aromatic rings. The van der Waals surface area contributed by atoms with E-state index in [4.69, 9.17) is 5.73 Å². The van der Waals surface area contributed by atoms with Crippen molar-refractivity contribution in [3.05, 3.63) is 46.9 Å². The van der Waals surface area contributed by atoms with Crippen molar-refractivity contribution >= 4 is 23.6 Å². The number of rotatable bonds is 6. The number of halogens is 1. The number of hydrogen-bond acceptors (Lipinski definition) is 5. The first kappa shape index (κ1) is 18.1. The molecule has 8 nitrogen and oxygen atoms in total. The highest BCUT2D eigenvalue weighted by Gasteiger charge is 2.23. The molecule has 25 heavy (non-hydrogen) atoms. The van der Waals surface area contributed by atoms with Gasteiger partial charge in [-0.1, -0.05) is 12.1 Å². The van der Waals surface area contributed by atoms with Crippen LogP contribution in [0.4, 0.5) is 15.0 Å². The van der Waals surface area contributed by atoms with Crippen molar-refractivity contribution in [3.8, 4) is 0 Å². The van der Waals surface area contributed by atoms with E-state index in [-0.39, 0.29) is 23.4 Å². The molecule has 132 valence electrons. The summed E-state index contributed by atoms with van der Waals surface area (Å²) in [5.74, 6) is -1.81. The number of aromatic amines is 1.